The number of hydrogen-bond donors (Lipinski definition) is 1. The second kappa shape index (κ2) is 7.90. The van der Waals surface area contributed by atoms with Crippen LogP contribution in [-0.2, 0) is 19.5 Å². The largest absolute Gasteiger partial charge is 0.464 e. The van der Waals surface area contributed by atoms with Gasteiger partial charge in [0.05, 0.1) is 27.8 Å². The van der Waals surface area contributed by atoms with Gasteiger partial charge in [-0.3, -0.25) is 14.5 Å². The second-order valence-corrected chi connectivity index (χ2v) is 9.23. The lowest BCUT2D eigenvalue weighted by molar-refractivity contribution is 0.239. The molecule has 0 fully saturated rings. The van der Waals surface area contributed by atoms with E-state index in [4.69, 9.17) is 9.40 Å². The summed E-state index contributed by atoms with van der Waals surface area (Å²) in [5.74, 6) is 0.965. The molecule has 158 valence electrons. The first-order valence-corrected chi connectivity index (χ1v) is 11.3. The van der Waals surface area contributed by atoms with Crippen molar-refractivity contribution < 1.29 is 4.42 Å². The highest BCUT2D eigenvalue weighted by Crippen LogP contribution is 2.24. The van der Waals surface area contributed by atoms with E-state index in [9.17, 15) is 9.59 Å². The molecule has 0 saturated carbocycles. The minimum absolute atomic E-state index is 0.00498. The average Bonchev–Trinajstić information content (AvgIpc) is 3.31. The van der Waals surface area contributed by atoms with Crippen molar-refractivity contribution in [3.63, 3.8) is 0 Å². The number of H-pyrrole nitrogens is 1. The van der Waals surface area contributed by atoms with Crippen LogP contribution in [0.2, 0.25) is 0 Å². The third-order valence-electron chi connectivity index (χ3n) is 5.83. The summed E-state index contributed by atoms with van der Waals surface area (Å²) in [6.07, 6.45) is 2.23. The maximum atomic E-state index is 13.1. The molecular weight excluding hydrogens is 410 g/mol. The van der Waals surface area contributed by atoms with Gasteiger partial charge in [-0.25, -0.2) is 4.98 Å². The van der Waals surface area contributed by atoms with Gasteiger partial charge in [0.15, 0.2) is 11.3 Å². The van der Waals surface area contributed by atoms with Gasteiger partial charge in [0.25, 0.3) is 5.56 Å². The first kappa shape index (κ1) is 19.9. The quantitative estimate of drug-likeness (QED) is 0.519. The molecule has 1 aliphatic heterocycles. The predicted octanol–water partition coefficient (Wildman–Crippen LogP) is 4.29. The van der Waals surface area contributed by atoms with E-state index in [2.05, 4.69) is 23.7 Å². The van der Waals surface area contributed by atoms with Crippen LogP contribution in [0, 0.1) is 0 Å². The van der Waals surface area contributed by atoms with E-state index in [-0.39, 0.29) is 11.0 Å². The van der Waals surface area contributed by atoms with Gasteiger partial charge in [0.2, 0.25) is 0 Å². The van der Waals surface area contributed by atoms with Gasteiger partial charge in [-0.05, 0) is 35.1 Å². The molecule has 0 bridgehead atoms. The van der Waals surface area contributed by atoms with Crippen LogP contribution in [0.5, 0.6) is 0 Å². The van der Waals surface area contributed by atoms with Gasteiger partial charge in [-0.2, -0.15) is 0 Å². The van der Waals surface area contributed by atoms with Crippen molar-refractivity contribution in [2.24, 2.45) is 0 Å². The summed E-state index contributed by atoms with van der Waals surface area (Å²) in [6, 6.07) is 9.69. The Morgan fingerprint density at radius 3 is 2.90 bits per heavy atom. The number of aromatic amines is 1. The molecule has 0 spiro atoms. The molecule has 7 heteroatoms. The molecule has 4 aromatic rings. The van der Waals surface area contributed by atoms with Crippen molar-refractivity contribution in [1.29, 1.82) is 0 Å². The van der Waals surface area contributed by atoms with Crippen molar-refractivity contribution in [2.45, 2.75) is 39.3 Å². The Morgan fingerprint density at radius 2 is 2.13 bits per heavy atom. The Balaban J connectivity index is 1.42. The van der Waals surface area contributed by atoms with Crippen LogP contribution in [0.3, 0.4) is 0 Å². The van der Waals surface area contributed by atoms with Crippen LogP contribution in [0.15, 0.2) is 56.0 Å². The molecule has 0 aliphatic carbocycles. The molecule has 0 radical (unpaired) electrons. The number of aromatic nitrogens is 2. The van der Waals surface area contributed by atoms with E-state index >= 15 is 0 Å². The first-order chi connectivity index (χ1) is 15.0. The summed E-state index contributed by atoms with van der Waals surface area (Å²) in [6.45, 7) is 5.85. The maximum absolute atomic E-state index is 13.1. The molecule has 31 heavy (non-hydrogen) atoms. The number of benzene rings is 1. The van der Waals surface area contributed by atoms with E-state index in [1.165, 1.54) is 0 Å². The van der Waals surface area contributed by atoms with Crippen LogP contribution in [0.25, 0.3) is 21.7 Å². The van der Waals surface area contributed by atoms with Crippen LogP contribution in [0.4, 0.5) is 0 Å². The molecule has 1 aliphatic rings. The summed E-state index contributed by atoms with van der Waals surface area (Å²) in [5, 5.41) is 2.58. The molecule has 5 rings (SSSR count). The van der Waals surface area contributed by atoms with Crippen molar-refractivity contribution in [3.05, 3.63) is 84.9 Å². The minimum atomic E-state index is -0.106. The summed E-state index contributed by atoms with van der Waals surface area (Å²) in [5.41, 5.74) is 3.73. The van der Waals surface area contributed by atoms with Gasteiger partial charge < -0.3 is 9.40 Å². The molecule has 1 N–H and O–H groups in total. The Bertz CT molecular complexity index is 1370. The monoisotopic (exact) mass is 433 g/mol. The number of nitrogens with one attached hydrogen (secondary N) is 1. The fourth-order valence-electron chi connectivity index (χ4n) is 4.04. The molecule has 0 unspecified atom stereocenters. The summed E-state index contributed by atoms with van der Waals surface area (Å²) in [7, 11) is 0. The van der Waals surface area contributed by atoms with Crippen LogP contribution in [-0.4, -0.2) is 21.4 Å². The van der Waals surface area contributed by atoms with E-state index in [0.717, 1.165) is 22.7 Å². The van der Waals surface area contributed by atoms with Crippen molar-refractivity contribution in [2.75, 3.05) is 6.54 Å². The van der Waals surface area contributed by atoms with Crippen LogP contribution < -0.4 is 11.0 Å². The van der Waals surface area contributed by atoms with E-state index in [1.807, 2.05) is 35.7 Å². The Labute approximate surface area is 183 Å². The zero-order chi connectivity index (χ0) is 21.5. The third kappa shape index (κ3) is 3.75. The molecular formula is C24H23N3O3S. The first-order valence-electron chi connectivity index (χ1n) is 10.4. The standard InChI is InChI=1S/C24H23N3O3S/c1-14(2)15-5-6-20-17(10-15)22(28)16(13-30-20)11-27-8-7-19-18(12-27)24(29)26-23(25-19)21-4-3-9-31-21/h3-6,9-10,13-14H,7-8,11-12H2,1-2H3,(H,25,26,29). The van der Waals surface area contributed by atoms with Gasteiger partial charge in [0.1, 0.15) is 5.58 Å². The normalized spacial score (nSPS) is 14.3. The van der Waals surface area contributed by atoms with Crippen molar-refractivity contribution >= 4 is 22.3 Å². The average molecular weight is 434 g/mol. The van der Waals surface area contributed by atoms with E-state index < -0.39 is 0 Å². The van der Waals surface area contributed by atoms with Crippen molar-refractivity contribution in [1.82, 2.24) is 14.9 Å². The maximum Gasteiger partial charge on any atom is 0.255 e. The molecule has 0 atom stereocenters. The summed E-state index contributed by atoms with van der Waals surface area (Å²) in [4.78, 5) is 36.5. The minimum Gasteiger partial charge on any atom is -0.464 e. The molecule has 1 aromatic carbocycles. The van der Waals surface area contributed by atoms with Crippen LogP contribution >= 0.6 is 11.3 Å². The van der Waals surface area contributed by atoms with Crippen LogP contribution in [0.1, 0.15) is 42.1 Å². The lowest BCUT2D eigenvalue weighted by Crippen LogP contribution is -2.36. The molecule has 6 nitrogen and oxygen atoms in total. The molecule has 0 amide bonds. The highest BCUT2D eigenvalue weighted by molar-refractivity contribution is 7.13. The SMILES string of the molecule is CC(C)c1ccc2occ(CN3CCc4nc(-c5cccs5)[nH]c(=O)c4C3)c(=O)c2c1. The second-order valence-electron chi connectivity index (χ2n) is 8.28. The zero-order valence-corrected chi connectivity index (χ0v) is 18.3. The van der Waals surface area contributed by atoms with Gasteiger partial charge in [0, 0.05) is 31.6 Å². The lowest BCUT2D eigenvalue weighted by Gasteiger charge is -2.27. The smallest absolute Gasteiger partial charge is 0.255 e. The van der Waals surface area contributed by atoms with E-state index in [1.54, 1.807) is 17.6 Å². The molecule has 3 aromatic heterocycles. The Kier molecular flexibility index (Phi) is 5.08. The lowest BCUT2D eigenvalue weighted by atomic mass is 10.0. The molecule has 4 heterocycles. The van der Waals surface area contributed by atoms with Gasteiger partial charge >= 0.3 is 0 Å². The highest BCUT2D eigenvalue weighted by atomic mass is 32.1. The number of thiophene rings is 1. The Hall–Kier alpha value is -3.03. The zero-order valence-electron chi connectivity index (χ0n) is 17.5. The summed E-state index contributed by atoms with van der Waals surface area (Å²) < 4.78 is 5.74. The third-order valence-corrected chi connectivity index (χ3v) is 6.71. The number of hydrogen-bond acceptors (Lipinski definition) is 6. The van der Waals surface area contributed by atoms with Gasteiger partial charge in [-0.15, -0.1) is 11.3 Å². The number of rotatable bonds is 4. The van der Waals surface area contributed by atoms with Gasteiger partial charge in [-0.1, -0.05) is 26.0 Å². The van der Waals surface area contributed by atoms with Crippen molar-refractivity contribution in [3.8, 4) is 10.7 Å². The highest BCUT2D eigenvalue weighted by Gasteiger charge is 2.23. The fraction of sp³-hybridized carbons (Fsp3) is 0.292. The summed E-state index contributed by atoms with van der Waals surface area (Å²) >= 11 is 1.55. The number of fused-ring (bicyclic) bond motifs is 2. The Morgan fingerprint density at radius 1 is 1.26 bits per heavy atom. The predicted molar refractivity (Wildman–Crippen MR) is 123 cm³/mol. The van der Waals surface area contributed by atoms with E-state index in [0.29, 0.717) is 53.3 Å². The fourth-order valence-corrected chi connectivity index (χ4v) is 4.71. The number of nitrogens with zero attached hydrogens (tertiary/aromatic N) is 2. The molecule has 0 saturated heterocycles. The topological polar surface area (TPSA) is 79.2 Å².